The molecule has 0 aliphatic rings. The van der Waals surface area contributed by atoms with E-state index in [2.05, 4.69) is 114 Å². The summed E-state index contributed by atoms with van der Waals surface area (Å²) in [5.41, 5.74) is 3.81. The second kappa shape index (κ2) is 9.29. The predicted molar refractivity (Wildman–Crippen MR) is 133 cm³/mol. The van der Waals surface area contributed by atoms with E-state index in [1.807, 2.05) is 0 Å². The molecule has 0 amide bonds. The minimum absolute atomic E-state index is 0.797. The van der Waals surface area contributed by atoms with E-state index in [9.17, 15) is 0 Å². The summed E-state index contributed by atoms with van der Waals surface area (Å²) in [4.78, 5) is 0. The van der Waals surface area contributed by atoms with Crippen molar-refractivity contribution in [3.63, 3.8) is 0 Å². The molecule has 0 fully saturated rings. The number of benzene rings is 2. The second-order valence-electron chi connectivity index (χ2n) is 9.47. The normalized spacial score (nSPS) is 14.1. The van der Waals surface area contributed by atoms with Crippen LogP contribution in [-0.2, 0) is 0 Å². The van der Waals surface area contributed by atoms with Crippen LogP contribution in [0.4, 0.5) is 0 Å². The fourth-order valence-electron chi connectivity index (χ4n) is 3.70. The van der Waals surface area contributed by atoms with Crippen molar-refractivity contribution < 1.29 is 0 Å². The Morgan fingerprint density at radius 2 is 0.893 bits per heavy atom. The molecule has 0 aliphatic heterocycles. The third kappa shape index (κ3) is 5.07. The molecule has 0 aliphatic carbocycles. The first kappa shape index (κ1) is 22.7. The van der Waals surface area contributed by atoms with Crippen LogP contribution < -0.4 is 10.4 Å². The Hall–Kier alpha value is -1.57. The van der Waals surface area contributed by atoms with E-state index in [0.29, 0.717) is 0 Å². The Morgan fingerprint density at radius 3 is 1.14 bits per heavy atom. The van der Waals surface area contributed by atoms with Gasteiger partial charge in [-0.25, -0.2) is 0 Å². The van der Waals surface area contributed by atoms with Crippen LogP contribution in [0.1, 0.15) is 51.7 Å². The molecule has 2 heteroatoms. The summed E-state index contributed by atoms with van der Waals surface area (Å²) < 4.78 is 0. The maximum atomic E-state index is 3.35. The van der Waals surface area contributed by atoms with Crippen molar-refractivity contribution in [1.82, 2.24) is 0 Å². The first-order valence-electron chi connectivity index (χ1n) is 10.9. The van der Waals surface area contributed by atoms with Crippen LogP contribution in [0.15, 0.2) is 48.5 Å². The molecular formula is C26H38Si2. The molecule has 0 spiro atoms. The van der Waals surface area contributed by atoms with Crippen molar-refractivity contribution in [3.05, 3.63) is 59.7 Å². The quantitative estimate of drug-likeness (QED) is 0.378. The van der Waals surface area contributed by atoms with Gasteiger partial charge in [0.25, 0.3) is 0 Å². The fourth-order valence-corrected chi connectivity index (χ4v) is 8.93. The summed E-state index contributed by atoms with van der Waals surface area (Å²) in [7, 11) is -2.75. The summed E-state index contributed by atoms with van der Waals surface area (Å²) in [5.74, 6) is 6.70. The van der Waals surface area contributed by atoms with Crippen LogP contribution in [-0.4, -0.2) is 16.1 Å². The molecule has 0 unspecified atom stereocenters. The fraction of sp³-hybridized carbons (Fsp3) is 0.462. The van der Waals surface area contributed by atoms with E-state index in [1.165, 1.54) is 23.2 Å². The van der Waals surface area contributed by atoms with Gasteiger partial charge in [-0.1, -0.05) is 113 Å². The van der Waals surface area contributed by atoms with Crippen LogP contribution in [0.25, 0.3) is 0 Å². The Balaban J connectivity index is 2.16. The SMILES string of the molecule is CC[C@H](C)[Si](C)(C)c1ccc(C#Cc2ccc([Si](C)(C)[C@@H](C)CC)cc2)cc1. The maximum Gasteiger partial charge on any atom is 0.0834 e. The molecule has 150 valence electrons. The lowest BCUT2D eigenvalue weighted by Crippen LogP contribution is -2.44. The molecule has 0 radical (unpaired) electrons. The smallest absolute Gasteiger partial charge is 0.0654 e. The van der Waals surface area contributed by atoms with Crippen LogP contribution in [0.2, 0.25) is 37.3 Å². The molecule has 0 bridgehead atoms. The van der Waals surface area contributed by atoms with Crippen LogP contribution in [0.3, 0.4) is 0 Å². The van der Waals surface area contributed by atoms with Crippen molar-refractivity contribution in [3.8, 4) is 11.8 Å². The van der Waals surface area contributed by atoms with Crippen molar-refractivity contribution in [1.29, 1.82) is 0 Å². The molecule has 0 saturated carbocycles. The second-order valence-corrected chi connectivity index (χ2v) is 19.5. The molecule has 0 N–H and O–H groups in total. The van der Waals surface area contributed by atoms with E-state index in [1.54, 1.807) is 0 Å². The van der Waals surface area contributed by atoms with Gasteiger partial charge in [0, 0.05) is 11.1 Å². The highest BCUT2D eigenvalue weighted by Gasteiger charge is 2.29. The van der Waals surface area contributed by atoms with Gasteiger partial charge in [-0.15, -0.1) is 0 Å². The molecule has 0 heterocycles. The Labute approximate surface area is 175 Å². The van der Waals surface area contributed by atoms with Crippen molar-refractivity contribution in [2.45, 2.75) is 77.8 Å². The summed E-state index contributed by atoms with van der Waals surface area (Å²) >= 11 is 0. The average molecular weight is 407 g/mol. The van der Waals surface area contributed by atoms with Gasteiger partial charge in [-0.2, -0.15) is 0 Å². The first-order valence-corrected chi connectivity index (χ1v) is 17.0. The first-order chi connectivity index (χ1) is 13.1. The van der Waals surface area contributed by atoms with Crippen molar-refractivity contribution in [2.24, 2.45) is 0 Å². The maximum absolute atomic E-state index is 3.35. The Bertz CT molecular complexity index is 748. The number of hydrogen-bond donors (Lipinski definition) is 0. The van der Waals surface area contributed by atoms with E-state index < -0.39 is 16.1 Å². The van der Waals surface area contributed by atoms with E-state index >= 15 is 0 Å². The average Bonchev–Trinajstić information content (AvgIpc) is 2.71. The summed E-state index contributed by atoms with van der Waals surface area (Å²) in [6, 6.07) is 18.0. The van der Waals surface area contributed by atoms with E-state index in [4.69, 9.17) is 0 Å². The van der Waals surface area contributed by atoms with Gasteiger partial charge in [0.1, 0.15) is 0 Å². The molecular weight excluding hydrogens is 368 g/mol. The van der Waals surface area contributed by atoms with Crippen LogP contribution in [0, 0.1) is 11.8 Å². The third-order valence-electron chi connectivity index (χ3n) is 7.30. The highest BCUT2D eigenvalue weighted by Crippen LogP contribution is 2.25. The largest absolute Gasteiger partial charge is 0.0834 e. The van der Waals surface area contributed by atoms with Gasteiger partial charge in [0.05, 0.1) is 16.1 Å². The lowest BCUT2D eigenvalue weighted by molar-refractivity contribution is 0.848. The molecule has 2 aromatic rings. The zero-order valence-corrected chi connectivity index (χ0v) is 21.2. The number of rotatable bonds is 6. The Kier molecular flexibility index (Phi) is 7.54. The molecule has 2 atom stereocenters. The van der Waals surface area contributed by atoms with Gasteiger partial charge in [-0.05, 0) is 35.3 Å². The van der Waals surface area contributed by atoms with Crippen LogP contribution >= 0.6 is 0 Å². The monoisotopic (exact) mass is 406 g/mol. The van der Waals surface area contributed by atoms with Gasteiger partial charge >= 0.3 is 0 Å². The van der Waals surface area contributed by atoms with E-state index in [0.717, 1.165) is 22.2 Å². The molecule has 28 heavy (non-hydrogen) atoms. The molecule has 0 saturated heterocycles. The lowest BCUT2D eigenvalue weighted by atomic mass is 10.2. The van der Waals surface area contributed by atoms with E-state index in [-0.39, 0.29) is 0 Å². The third-order valence-corrected chi connectivity index (χ3v) is 16.7. The van der Waals surface area contributed by atoms with Crippen LogP contribution in [0.5, 0.6) is 0 Å². The van der Waals surface area contributed by atoms with Gasteiger partial charge < -0.3 is 0 Å². The molecule has 0 nitrogen and oxygen atoms in total. The summed E-state index contributed by atoms with van der Waals surface area (Å²) in [6.07, 6.45) is 2.51. The molecule has 2 aromatic carbocycles. The van der Waals surface area contributed by atoms with Gasteiger partial charge in [0.2, 0.25) is 0 Å². The molecule has 0 aromatic heterocycles. The zero-order chi connectivity index (χ0) is 20.9. The zero-order valence-electron chi connectivity index (χ0n) is 19.2. The predicted octanol–water partition coefficient (Wildman–Crippen LogP) is 6.52. The Morgan fingerprint density at radius 1 is 0.607 bits per heavy atom. The lowest BCUT2D eigenvalue weighted by Gasteiger charge is -2.29. The van der Waals surface area contributed by atoms with Crippen molar-refractivity contribution in [2.75, 3.05) is 0 Å². The summed E-state index contributed by atoms with van der Waals surface area (Å²) in [5, 5.41) is 3.07. The minimum Gasteiger partial charge on any atom is -0.0654 e. The highest BCUT2D eigenvalue weighted by atomic mass is 28.3. The van der Waals surface area contributed by atoms with Gasteiger partial charge in [-0.3, -0.25) is 0 Å². The topological polar surface area (TPSA) is 0 Å². The molecule has 2 rings (SSSR count). The minimum atomic E-state index is -1.37. The standard InChI is InChI=1S/C26H38Si2/c1-9-21(3)27(5,6)25-17-13-23(14-18-25)11-12-24-15-19-26(20-16-24)28(7,8)22(4)10-2/h13-22H,9-10H2,1-8H3/t21-,22-/m0/s1. The van der Waals surface area contributed by atoms with Gasteiger partial charge in [0.15, 0.2) is 0 Å². The summed E-state index contributed by atoms with van der Waals surface area (Å²) in [6.45, 7) is 19.3. The van der Waals surface area contributed by atoms with Crippen molar-refractivity contribution >= 4 is 26.5 Å². The highest BCUT2D eigenvalue weighted by molar-refractivity contribution is 6.91. The number of hydrogen-bond acceptors (Lipinski definition) is 0.